The molecular formula is C28H21N3O4S. The average Bonchev–Trinajstić information content (AvgIpc) is 3.49. The van der Waals surface area contributed by atoms with Crippen LogP contribution in [0.15, 0.2) is 111 Å². The van der Waals surface area contributed by atoms with Crippen molar-refractivity contribution in [3.05, 3.63) is 123 Å². The maximum absolute atomic E-state index is 13.4. The van der Waals surface area contributed by atoms with E-state index in [4.69, 9.17) is 9.41 Å². The normalized spacial score (nSPS) is 15.7. The second-order valence-electron chi connectivity index (χ2n) is 8.04. The molecule has 1 aromatic heterocycles. The highest BCUT2D eigenvalue weighted by atomic mass is 32.2. The Bertz CT molecular complexity index is 1450. The first-order chi connectivity index (χ1) is 17.6. The standard InChI is InChI=1S/C28H21N3O4S/c32-27-26(19-24-15-16-25(35-24)21-11-13-23(14-12-21)31(33)34)36-28(29-22-9-5-2-6-10-22)30(27)18-17-20-7-3-1-4-8-20/h1-16,19H,17-18H2/b26-19+,29-28?. The Morgan fingerprint density at radius 3 is 2.31 bits per heavy atom. The fraction of sp³-hybridized carbons (Fsp3) is 0.0714. The number of benzene rings is 3. The van der Waals surface area contributed by atoms with Crippen molar-refractivity contribution < 1.29 is 14.1 Å². The summed E-state index contributed by atoms with van der Waals surface area (Å²) in [6.07, 6.45) is 2.42. The van der Waals surface area contributed by atoms with Crippen LogP contribution in [0.5, 0.6) is 0 Å². The Balaban J connectivity index is 1.40. The molecular weight excluding hydrogens is 474 g/mol. The van der Waals surface area contributed by atoms with Crippen LogP contribution in [0.1, 0.15) is 11.3 Å². The van der Waals surface area contributed by atoms with Crippen molar-refractivity contribution in [1.29, 1.82) is 0 Å². The number of furan rings is 1. The third kappa shape index (κ3) is 5.29. The molecule has 1 aliphatic rings. The molecule has 0 spiro atoms. The third-order valence-electron chi connectivity index (χ3n) is 5.60. The van der Waals surface area contributed by atoms with Crippen LogP contribution in [0.25, 0.3) is 17.4 Å². The first kappa shape index (κ1) is 23.3. The molecule has 0 radical (unpaired) electrons. The quantitative estimate of drug-likeness (QED) is 0.162. The van der Waals surface area contributed by atoms with Gasteiger partial charge in [0.05, 0.1) is 15.5 Å². The number of thioether (sulfide) groups is 1. The number of hydrogen-bond acceptors (Lipinski definition) is 6. The fourth-order valence-corrected chi connectivity index (χ4v) is 4.75. The molecule has 1 fully saturated rings. The molecule has 5 rings (SSSR count). The number of para-hydroxylation sites is 1. The number of hydrogen-bond donors (Lipinski definition) is 0. The van der Waals surface area contributed by atoms with Gasteiger partial charge in [-0.3, -0.25) is 19.8 Å². The van der Waals surface area contributed by atoms with Gasteiger partial charge in [0.25, 0.3) is 11.6 Å². The minimum absolute atomic E-state index is 0.0152. The lowest BCUT2D eigenvalue weighted by molar-refractivity contribution is -0.384. The van der Waals surface area contributed by atoms with E-state index in [2.05, 4.69) is 0 Å². The molecule has 7 nitrogen and oxygen atoms in total. The number of amides is 1. The summed E-state index contributed by atoms with van der Waals surface area (Å²) >= 11 is 1.31. The summed E-state index contributed by atoms with van der Waals surface area (Å²) in [4.78, 5) is 30.8. The summed E-state index contributed by atoms with van der Waals surface area (Å²) in [5.41, 5.74) is 2.65. The SMILES string of the molecule is O=C1/C(=C\c2ccc(-c3ccc([N+](=O)[O-])cc3)o2)SC(=Nc2ccccc2)N1CCc1ccccc1. The molecule has 2 heterocycles. The topological polar surface area (TPSA) is 88.9 Å². The van der Waals surface area contributed by atoms with Crippen LogP contribution in [-0.2, 0) is 11.2 Å². The average molecular weight is 496 g/mol. The molecule has 36 heavy (non-hydrogen) atoms. The van der Waals surface area contributed by atoms with Crippen molar-refractivity contribution in [2.45, 2.75) is 6.42 Å². The van der Waals surface area contributed by atoms with Crippen molar-refractivity contribution in [1.82, 2.24) is 4.90 Å². The molecule has 4 aromatic rings. The van der Waals surface area contributed by atoms with E-state index in [-0.39, 0.29) is 11.6 Å². The lowest BCUT2D eigenvalue weighted by Gasteiger charge is -2.15. The van der Waals surface area contributed by atoms with Gasteiger partial charge in [-0.1, -0.05) is 48.5 Å². The van der Waals surface area contributed by atoms with Gasteiger partial charge in [-0.2, -0.15) is 0 Å². The Morgan fingerprint density at radius 1 is 0.917 bits per heavy atom. The van der Waals surface area contributed by atoms with Crippen LogP contribution >= 0.6 is 11.8 Å². The van der Waals surface area contributed by atoms with Crippen LogP contribution in [0, 0.1) is 10.1 Å². The Morgan fingerprint density at radius 2 is 1.61 bits per heavy atom. The van der Waals surface area contributed by atoms with Gasteiger partial charge in [-0.05, 0) is 60.1 Å². The predicted molar refractivity (Wildman–Crippen MR) is 142 cm³/mol. The molecule has 1 aliphatic heterocycles. The smallest absolute Gasteiger partial charge is 0.269 e. The van der Waals surface area contributed by atoms with E-state index < -0.39 is 4.92 Å². The van der Waals surface area contributed by atoms with Crippen LogP contribution in [0.2, 0.25) is 0 Å². The highest BCUT2D eigenvalue weighted by Crippen LogP contribution is 2.35. The van der Waals surface area contributed by atoms with Gasteiger partial charge in [-0.25, -0.2) is 4.99 Å². The third-order valence-corrected chi connectivity index (χ3v) is 6.61. The van der Waals surface area contributed by atoms with Gasteiger partial charge in [-0.15, -0.1) is 0 Å². The summed E-state index contributed by atoms with van der Waals surface area (Å²) in [6, 6.07) is 29.3. The first-order valence-corrected chi connectivity index (χ1v) is 12.1. The second kappa shape index (κ2) is 10.5. The summed E-state index contributed by atoms with van der Waals surface area (Å²) in [6.45, 7) is 0.505. The van der Waals surface area contributed by atoms with Crippen LogP contribution in [-0.4, -0.2) is 27.4 Å². The molecule has 0 saturated carbocycles. The Hall–Kier alpha value is -4.43. The number of carbonyl (C=O) groups excluding carboxylic acids is 1. The number of nitro groups is 1. The Labute approximate surface area is 211 Å². The zero-order chi connectivity index (χ0) is 24.9. The van der Waals surface area contributed by atoms with E-state index >= 15 is 0 Å². The van der Waals surface area contributed by atoms with Crippen molar-refractivity contribution in [2.75, 3.05) is 6.54 Å². The van der Waals surface area contributed by atoms with Gasteiger partial charge in [0.15, 0.2) is 5.17 Å². The van der Waals surface area contributed by atoms with E-state index in [1.54, 1.807) is 35.2 Å². The molecule has 1 saturated heterocycles. The maximum atomic E-state index is 13.4. The number of aliphatic imine (C=N–C) groups is 1. The number of non-ortho nitro benzene ring substituents is 1. The highest BCUT2D eigenvalue weighted by Gasteiger charge is 2.33. The number of rotatable bonds is 7. The van der Waals surface area contributed by atoms with Crippen LogP contribution in [0.3, 0.4) is 0 Å². The summed E-state index contributed by atoms with van der Waals surface area (Å²) in [5, 5.41) is 11.5. The first-order valence-electron chi connectivity index (χ1n) is 11.3. The lowest BCUT2D eigenvalue weighted by atomic mass is 10.1. The summed E-state index contributed by atoms with van der Waals surface area (Å²) < 4.78 is 5.93. The number of amidine groups is 1. The van der Waals surface area contributed by atoms with Crippen LogP contribution < -0.4 is 0 Å². The minimum Gasteiger partial charge on any atom is -0.457 e. The zero-order valence-electron chi connectivity index (χ0n) is 19.1. The van der Waals surface area contributed by atoms with Gasteiger partial charge < -0.3 is 4.42 Å². The molecule has 8 heteroatoms. The molecule has 0 N–H and O–H groups in total. The lowest BCUT2D eigenvalue weighted by Crippen LogP contribution is -2.31. The van der Waals surface area contributed by atoms with Gasteiger partial charge >= 0.3 is 0 Å². The maximum Gasteiger partial charge on any atom is 0.269 e. The Kier molecular flexibility index (Phi) is 6.77. The molecule has 0 bridgehead atoms. The number of carbonyl (C=O) groups is 1. The molecule has 0 aliphatic carbocycles. The highest BCUT2D eigenvalue weighted by molar-refractivity contribution is 8.18. The largest absolute Gasteiger partial charge is 0.457 e. The molecule has 178 valence electrons. The number of nitrogens with zero attached hydrogens (tertiary/aromatic N) is 3. The fourth-order valence-electron chi connectivity index (χ4n) is 3.75. The second-order valence-corrected chi connectivity index (χ2v) is 9.05. The summed E-state index contributed by atoms with van der Waals surface area (Å²) in [7, 11) is 0. The van der Waals surface area contributed by atoms with Crippen molar-refractivity contribution in [2.24, 2.45) is 4.99 Å². The van der Waals surface area contributed by atoms with E-state index in [0.29, 0.717) is 40.1 Å². The molecule has 0 unspecified atom stereocenters. The van der Waals surface area contributed by atoms with E-state index in [1.165, 1.54) is 23.9 Å². The van der Waals surface area contributed by atoms with Gasteiger partial charge in [0.2, 0.25) is 0 Å². The van der Waals surface area contributed by atoms with E-state index in [9.17, 15) is 14.9 Å². The molecule has 0 atom stereocenters. The van der Waals surface area contributed by atoms with Gasteiger partial charge in [0, 0.05) is 30.3 Å². The van der Waals surface area contributed by atoms with Crippen molar-refractivity contribution in [3.63, 3.8) is 0 Å². The van der Waals surface area contributed by atoms with E-state index in [1.807, 2.05) is 60.7 Å². The molecule has 1 amide bonds. The summed E-state index contributed by atoms with van der Waals surface area (Å²) in [5.74, 6) is 0.952. The van der Waals surface area contributed by atoms with Gasteiger partial charge in [0.1, 0.15) is 11.5 Å². The van der Waals surface area contributed by atoms with Crippen molar-refractivity contribution >= 4 is 40.3 Å². The minimum atomic E-state index is -0.442. The van der Waals surface area contributed by atoms with Crippen molar-refractivity contribution in [3.8, 4) is 11.3 Å². The number of nitro benzene ring substituents is 1. The zero-order valence-corrected chi connectivity index (χ0v) is 19.9. The monoisotopic (exact) mass is 495 g/mol. The predicted octanol–water partition coefficient (Wildman–Crippen LogP) is 6.70. The van der Waals surface area contributed by atoms with E-state index in [0.717, 1.165) is 11.3 Å². The van der Waals surface area contributed by atoms with Crippen LogP contribution in [0.4, 0.5) is 11.4 Å². The molecule has 3 aromatic carbocycles.